The Balaban J connectivity index is 1.19. The number of carbonyl (C=O) groups is 1. The number of hydrogen-bond donors (Lipinski definition) is 1. The minimum atomic E-state index is -4.29. The topological polar surface area (TPSA) is 123 Å². The monoisotopic (exact) mass is 645 g/mol. The summed E-state index contributed by atoms with van der Waals surface area (Å²) in [4.78, 5) is 23.4. The van der Waals surface area contributed by atoms with Crippen LogP contribution < -0.4 is 14.2 Å². The molecule has 0 bridgehead atoms. The lowest BCUT2D eigenvalue weighted by molar-refractivity contribution is -0.0564. The van der Waals surface area contributed by atoms with Crippen LogP contribution >= 0.6 is 0 Å². The van der Waals surface area contributed by atoms with E-state index in [1.54, 1.807) is 43.5 Å². The molecule has 2 aromatic heterocycles. The molecule has 0 aliphatic carbocycles. The second kappa shape index (κ2) is 14.6. The molecule has 2 fully saturated rings. The summed E-state index contributed by atoms with van der Waals surface area (Å²) in [5.41, 5.74) is -0.361. The summed E-state index contributed by atoms with van der Waals surface area (Å²) in [6.07, 6.45) is 5.54. The highest BCUT2D eigenvalue weighted by atomic mass is 32.2. The van der Waals surface area contributed by atoms with Crippen LogP contribution in [0.5, 0.6) is 17.4 Å². The van der Waals surface area contributed by atoms with E-state index < -0.39 is 45.2 Å². The van der Waals surface area contributed by atoms with Gasteiger partial charge in [-0.3, -0.25) is 9.78 Å². The summed E-state index contributed by atoms with van der Waals surface area (Å²) >= 11 is 0. The Morgan fingerprint density at radius 2 is 1.69 bits per heavy atom. The summed E-state index contributed by atoms with van der Waals surface area (Å²) in [5, 5.41) is 0. The van der Waals surface area contributed by atoms with Crippen molar-refractivity contribution >= 4 is 16.1 Å². The summed E-state index contributed by atoms with van der Waals surface area (Å²) in [7, 11) is -2.23. The van der Waals surface area contributed by atoms with Gasteiger partial charge in [0.15, 0.2) is 11.6 Å². The number of halogens is 2. The molecule has 242 valence electrons. The molecule has 14 heteroatoms. The van der Waals surface area contributed by atoms with E-state index in [2.05, 4.69) is 21.9 Å². The maximum absolute atomic E-state index is 15.1. The molecule has 1 N–H and O–H groups in total. The normalized spacial score (nSPS) is 18.0. The lowest BCUT2D eigenvalue weighted by Gasteiger charge is -2.35. The Morgan fingerprint density at radius 3 is 2.36 bits per heavy atom. The molecule has 2 saturated heterocycles. The van der Waals surface area contributed by atoms with Crippen molar-refractivity contribution in [2.75, 3.05) is 33.2 Å². The van der Waals surface area contributed by atoms with Crippen molar-refractivity contribution in [2.24, 2.45) is 0 Å². The molecule has 0 unspecified atom stereocenters. The number of amides is 1. The van der Waals surface area contributed by atoms with Crippen LogP contribution in [0, 0.1) is 11.6 Å². The molecule has 11 nitrogen and oxygen atoms in total. The van der Waals surface area contributed by atoms with Crippen LogP contribution in [0.4, 0.5) is 8.78 Å². The maximum Gasteiger partial charge on any atom is 0.304 e. The van der Waals surface area contributed by atoms with Crippen molar-refractivity contribution in [1.29, 1.82) is 0 Å². The lowest BCUT2D eigenvalue weighted by Crippen LogP contribution is -2.48. The Morgan fingerprint density at radius 1 is 0.978 bits per heavy atom. The molecule has 0 spiro atoms. The highest BCUT2D eigenvalue weighted by molar-refractivity contribution is 7.87. The molecule has 3 aromatic rings. The number of pyridine rings is 2. The first-order chi connectivity index (χ1) is 21.6. The fourth-order valence-corrected chi connectivity index (χ4v) is 6.50. The Kier molecular flexibility index (Phi) is 10.6. The van der Waals surface area contributed by atoms with E-state index in [-0.39, 0.29) is 25.3 Å². The maximum atomic E-state index is 15.1. The molecule has 1 amide bonds. The number of ether oxygens (including phenoxy) is 3. The Bertz CT molecular complexity index is 1570. The molecular formula is C31H37F2N5O6S. The number of benzene rings is 1. The van der Waals surface area contributed by atoms with Gasteiger partial charge in [-0.25, -0.2) is 14.1 Å². The van der Waals surface area contributed by atoms with Crippen LogP contribution in [0.3, 0.4) is 0 Å². The predicted molar refractivity (Wildman–Crippen MR) is 161 cm³/mol. The molecule has 0 saturated carbocycles. The molecular weight excluding hydrogens is 608 g/mol. The molecule has 5 rings (SSSR count). The van der Waals surface area contributed by atoms with Gasteiger partial charge in [-0.2, -0.15) is 17.1 Å². The van der Waals surface area contributed by atoms with Gasteiger partial charge in [-0.05, 0) is 63.4 Å². The number of nitrogens with zero attached hydrogens (tertiary/aromatic N) is 4. The van der Waals surface area contributed by atoms with Crippen LogP contribution in [0.2, 0.25) is 0 Å². The van der Waals surface area contributed by atoms with Gasteiger partial charge in [0.25, 0.3) is 5.91 Å². The quantitative estimate of drug-likeness (QED) is 0.318. The highest BCUT2D eigenvalue weighted by Gasteiger charge is 2.33. The van der Waals surface area contributed by atoms with Crippen molar-refractivity contribution < 1.29 is 36.2 Å². The lowest BCUT2D eigenvalue weighted by atomic mass is 10.1. The molecule has 1 aromatic carbocycles. The average Bonchev–Trinajstić information content (AvgIpc) is 3.03. The predicted octanol–water partition coefficient (Wildman–Crippen LogP) is 4.63. The van der Waals surface area contributed by atoms with Crippen LogP contribution in [-0.4, -0.2) is 78.9 Å². The van der Waals surface area contributed by atoms with Crippen LogP contribution in [-0.2, 0) is 14.9 Å². The first-order valence-corrected chi connectivity index (χ1v) is 16.4. The third-order valence-corrected chi connectivity index (χ3v) is 9.38. The number of piperidine rings is 2. The van der Waals surface area contributed by atoms with E-state index in [0.717, 1.165) is 42.4 Å². The van der Waals surface area contributed by atoms with Gasteiger partial charge in [0.1, 0.15) is 11.9 Å². The Labute approximate surface area is 261 Å². The zero-order chi connectivity index (χ0) is 32.0. The molecule has 2 aliphatic heterocycles. The van der Waals surface area contributed by atoms with Gasteiger partial charge >= 0.3 is 10.2 Å². The van der Waals surface area contributed by atoms with E-state index in [1.165, 1.54) is 6.20 Å². The first-order valence-electron chi connectivity index (χ1n) is 15.0. The van der Waals surface area contributed by atoms with Gasteiger partial charge in [0.05, 0.1) is 23.5 Å². The summed E-state index contributed by atoms with van der Waals surface area (Å²) in [5.74, 6) is -3.89. The average molecular weight is 646 g/mol. The third kappa shape index (κ3) is 8.31. The number of carbonyl (C=O) groups excluding carboxylic acids is 1. The third-order valence-electron chi connectivity index (χ3n) is 7.89. The molecule has 2 aliphatic rings. The van der Waals surface area contributed by atoms with Crippen molar-refractivity contribution in [3.05, 3.63) is 77.8 Å². The van der Waals surface area contributed by atoms with Crippen molar-refractivity contribution in [3.8, 4) is 17.4 Å². The Hall–Kier alpha value is -3.72. The van der Waals surface area contributed by atoms with E-state index in [1.807, 2.05) is 4.72 Å². The van der Waals surface area contributed by atoms with Gasteiger partial charge in [-0.1, -0.05) is 13.0 Å². The standard InChI is InChI=1S/C31H37F2N5O6S/c1-3-26(25-20-23(9-15-34-25)43-28-6-4-5-14-35-28)44-27-8-7-24(29(32)30(27)33)31(39)36-45(40,41)38-18-12-22(13-19-38)42-21-10-16-37(2)17-11-21/h4-9,14-15,20-22,26H,3,10-13,16-19H2,1-2H3,(H,36,39)/t26-/m1/s1. The summed E-state index contributed by atoms with van der Waals surface area (Å²) in [6, 6.07) is 10.5. The van der Waals surface area contributed by atoms with Crippen molar-refractivity contribution in [2.45, 2.75) is 57.3 Å². The SMILES string of the molecule is CC[C@@H](Oc1ccc(C(=O)NS(=O)(=O)N2CCC(OC3CCN(C)CC3)CC2)c(F)c1F)c1cc(Oc2ccccn2)ccn1. The number of aromatic nitrogens is 2. The van der Waals surface area contributed by atoms with E-state index in [4.69, 9.17) is 14.2 Å². The van der Waals surface area contributed by atoms with E-state index >= 15 is 8.78 Å². The molecule has 0 radical (unpaired) electrons. The van der Waals surface area contributed by atoms with Crippen molar-refractivity contribution in [3.63, 3.8) is 0 Å². The van der Waals surface area contributed by atoms with Crippen molar-refractivity contribution in [1.82, 2.24) is 23.9 Å². The second-order valence-corrected chi connectivity index (χ2v) is 12.8. The van der Waals surface area contributed by atoms with Crippen LogP contribution in [0.1, 0.15) is 61.2 Å². The van der Waals surface area contributed by atoms with E-state index in [9.17, 15) is 13.2 Å². The van der Waals surface area contributed by atoms with Gasteiger partial charge in [0, 0.05) is 50.7 Å². The molecule has 4 heterocycles. The van der Waals surface area contributed by atoms with Gasteiger partial charge in [0.2, 0.25) is 11.7 Å². The zero-order valence-corrected chi connectivity index (χ0v) is 26.0. The number of likely N-dealkylation sites (tertiary alicyclic amines) is 1. The minimum Gasteiger partial charge on any atom is -0.481 e. The highest BCUT2D eigenvalue weighted by Crippen LogP contribution is 2.31. The fraction of sp³-hybridized carbons (Fsp3) is 0.452. The summed E-state index contributed by atoms with van der Waals surface area (Å²) < 4.78 is 76.7. The fourth-order valence-electron chi connectivity index (χ4n) is 5.34. The smallest absolute Gasteiger partial charge is 0.304 e. The molecule has 45 heavy (non-hydrogen) atoms. The van der Waals surface area contributed by atoms with E-state index in [0.29, 0.717) is 36.6 Å². The minimum absolute atomic E-state index is 0.0716. The molecule has 1 atom stereocenters. The van der Waals surface area contributed by atoms with Gasteiger partial charge in [-0.15, -0.1) is 0 Å². The first kappa shape index (κ1) is 32.7. The number of rotatable bonds is 11. The second-order valence-electron chi connectivity index (χ2n) is 11.1. The number of nitrogens with one attached hydrogen (secondary N) is 1. The largest absolute Gasteiger partial charge is 0.481 e. The van der Waals surface area contributed by atoms with Crippen LogP contribution in [0.15, 0.2) is 54.9 Å². The summed E-state index contributed by atoms with van der Waals surface area (Å²) in [6.45, 7) is 3.99. The van der Waals surface area contributed by atoms with Gasteiger partial charge < -0.3 is 19.1 Å². The van der Waals surface area contributed by atoms with Crippen LogP contribution in [0.25, 0.3) is 0 Å². The zero-order valence-electron chi connectivity index (χ0n) is 25.2. The number of hydrogen-bond acceptors (Lipinski definition) is 9.